The van der Waals surface area contributed by atoms with E-state index in [2.05, 4.69) is 28.5 Å². The summed E-state index contributed by atoms with van der Waals surface area (Å²) >= 11 is 12.1. The number of fused-ring (bicyclic) bond motifs is 1. The van der Waals surface area contributed by atoms with E-state index < -0.39 is 5.97 Å². The van der Waals surface area contributed by atoms with Gasteiger partial charge in [0.05, 0.1) is 23.4 Å². The van der Waals surface area contributed by atoms with Crippen molar-refractivity contribution in [1.29, 1.82) is 0 Å². The number of nitrogens with one attached hydrogen (secondary N) is 2. The van der Waals surface area contributed by atoms with Crippen LogP contribution in [0.15, 0.2) is 90.0 Å². The number of H-pyrrole nitrogens is 1. The Hall–Kier alpha value is -4.59. The van der Waals surface area contributed by atoms with Crippen molar-refractivity contribution in [3.63, 3.8) is 0 Å². The van der Waals surface area contributed by atoms with Crippen molar-refractivity contribution >= 4 is 52.2 Å². The van der Waals surface area contributed by atoms with E-state index in [-0.39, 0.29) is 22.2 Å². The highest BCUT2D eigenvalue weighted by molar-refractivity contribution is 6.36. The van der Waals surface area contributed by atoms with E-state index in [4.69, 9.17) is 32.7 Å². The summed E-state index contributed by atoms with van der Waals surface area (Å²) in [5.74, 6) is -0.476. The molecule has 0 bridgehead atoms. The second-order valence-corrected chi connectivity index (χ2v) is 10.1. The molecule has 5 rings (SSSR count). The minimum absolute atomic E-state index is 0.176. The molecule has 0 saturated heterocycles. The molecule has 0 fully saturated rings. The number of amides is 1. The Morgan fingerprint density at radius 1 is 0.929 bits per heavy atom. The predicted octanol–water partition coefficient (Wildman–Crippen LogP) is 8.09. The van der Waals surface area contributed by atoms with E-state index in [0.717, 1.165) is 34.0 Å². The van der Waals surface area contributed by atoms with Crippen molar-refractivity contribution in [2.45, 2.75) is 20.3 Å². The Morgan fingerprint density at radius 2 is 1.74 bits per heavy atom. The van der Waals surface area contributed by atoms with Gasteiger partial charge in [-0.2, -0.15) is 5.10 Å². The van der Waals surface area contributed by atoms with Gasteiger partial charge in [0.25, 0.3) is 5.91 Å². The first-order chi connectivity index (χ1) is 20.4. The zero-order valence-corrected chi connectivity index (χ0v) is 24.4. The lowest BCUT2D eigenvalue weighted by Crippen LogP contribution is -2.19. The van der Waals surface area contributed by atoms with Crippen LogP contribution in [-0.2, 0) is 6.42 Å². The Labute approximate surface area is 253 Å². The Bertz CT molecular complexity index is 1800. The number of nitrogens with zero attached hydrogens (tertiary/aromatic N) is 1. The third-order valence-electron chi connectivity index (χ3n) is 6.59. The molecule has 2 N–H and O–H groups in total. The van der Waals surface area contributed by atoms with Crippen LogP contribution in [0.2, 0.25) is 10.0 Å². The van der Waals surface area contributed by atoms with E-state index >= 15 is 0 Å². The summed E-state index contributed by atoms with van der Waals surface area (Å²) in [7, 11) is 0. The monoisotopic (exact) mass is 599 g/mol. The smallest absolute Gasteiger partial charge is 0.345 e. The van der Waals surface area contributed by atoms with Crippen molar-refractivity contribution in [3.8, 4) is 22.6 Å². The standard InChI is InChI=1S/C33H27Cl2N3O4/c1-3-21-11-8-12-25-29(22-9-6-5-7-10-22)31(37-30(21)25)32(39)38-36-19-20-13-16-27(28(17-20)41-4-2)42-33(40)24-15-14-23(34)18-26(24)35/h5-19,37H,3-4H2,1-2H3,(H,38,39). The summed E-state index contributed by atoms with van der Waals surface area (Å²) in [5.41, 5.74) is 7.65. The van der Waals surface area contributed by atoms with Crippen LogP contribution in [0.25, 0.3) is 22.0 Å². The molecule has 0 spiro atoms. The number of halogens is 2. The van der Waals surface area contributed by atoms with E-state index in [1.54, 1.807) is 24.3 Å². The van der Waals surface area contributed by atoms with Gasteiger partial charge >= 0.3 is 5.97 Å². The molecule has 0 unspecified atom stereocenters. The van der Waals surface area contributed by atoms with E-state index in [9.17, 15) is 9.59 Å². The second kappa shape index (κ2) is 12.9. The minimum Gasteiger partial charge on any atom is -0.490 e. The first-order valence-corrected chi connectivity index (χ1v) is 14.1. The van der Waals surface area contributed by atoms with Crippen molar-refractivity contribution < 1.29 is 19.1 Å². The average Bonchev–Trinajstić information content (AvgIpc) is 3.39. The third kappa shape index (κ3) is 6.17. The first kappa shape index (κ1) is 28.9. The molecule has 1 aromatic heterocycles. The lowest BCUT2D eigenvalue weighted by atomic mass is 10.00. The van der Waals surface area contributed by atoms with Gasteiger partial charge in [0, 0.05) is 21.5 Å². The molecule has 5 aromatic rings. The van der Waals surface area contributed by atoms with Crippen LogP contribution in [0.4, 0.5) is 0 Å². The number of rotatable bonds is 9. The van der Waals surface area contributed by atoms with Gasteiger partial charge in [-0.25, -0.2) is 10.2 Å². The number of para-hydroxylation sites is 1. The fourth-order valence-electron chi connectivity index (χ4n) is 4.64. The molecule has 0 aliphatic rings. The number of aromatic nitrogens is 1. The van der Waals surface area contributed by atoms with Crippen LogP contribution in [-0.4, -0.2) is 29.7 Å². The number of benzene rings is 4. The maximum Gasteiger partial charge on any atom is 0.345 e. The molecule has 0 aliphatic carbocycles. The van der Waals surface area contributed by atoms with Crippen LogP contribution in [0.5, 0.6) is 11.5 Å². The summed E-state index contributed by atoms with van der Waals surface area (Å²) < 4.78 is 11.2. The topological polar surface area (TPSA) is 92.8 Å². The van der Waals surface area contributed by atoms with E-state index in [1.165, 1.54) is 18.3 Å². The van der Waals surface area contributed by atoms with Crippen molar-refractivity contribution in [2.24, 2.45) is 5.10 Å². The average molecular weight is 601 g/mol. The van der Waals surface area contributed by atoms with Crippen LogP contribution < -0.4 is 14.9 Å². The molecule has 7 nitrogen and oxygen atoms in total. The van der Waals surface area contributed by atoms with E-state index in [1.807, 2.05) is 49.4 Å². The Kier molecular flexibility index (Phi) is 8.91. The molecule has 0 saturated carbocycles. The van der Waals surface area contributed by atoms with Crippen LogP contribution >= 0.6 is 23.2 Å². The van der Waals surface area contributed by atoms with Gasteiger partial charge < -0.3 is 14.5 Å². The highest BCUT2D eigenvalue weighted by Gasteiger charge is 2.20. The SMILES string of the molecule is CCOc1cc(C=NNC(=O)c2[nH]c3c(CC)cccc3c2-c2ccccc2)ccc1OC(=O)c1ccc(Cl)cc1Cl. The molecular weight excluding hydrogens is 573 g/mol. The van der Waals surface area contributed by atoms with Crippen LogP contribution in [0.3, 0.4) is 0 Å². The normalized spacial score (nSPS) is 11.1. The molecule has 42 heavy (non-hydrogen) atoms. The fourth-order valence-corrected chi connectivity index (χ4v) is 5.12. The zero-order valence-electron chi connectivity index (χ0n) is 22.9. The van der Waals surface area contributed by atoms with Gasteiger partial charge in [-0.3, -0.25) is 4.79 Å². The molecule has 9 heteroatoms. The first-order valence-electron chi connectivity index (χ1n) is 13.4. The third-order valence-corrected chi connectivity index (χ3v) is 7.14. The number of hydrazone groups is 1. The van der Waals surface area contributed by atoms with Crippen LogP contribution in [0.1, 0.15) is 45.8 Å². The molecule has 212 valence electrons. The van der Waals surface area contributed by atoms with Gasteiger partial charge in [-0.15, -0.1) is 0 Å². The van der Waals surface area contributed by atoms with E-state index in [0.29, 0.717) is 28.6 Å². The van der Waals surface area contributed by atoms with Crippen LogP contribution in [0, 0.1) is 0 Å². The fraction of sp³-hybridized carbons (Fsp3) is 0.121. The second-order valence-electron chi connectivity index (χ2n) is 9.29. The van der Waals surface area contributed by atoms with Crippen molar-refractivity contribution in [2.75, 3.05) is 6.61 Å². The number of carbonyl (C=O) groups is 2. The summed E-state index contributed by atoms with van der Waals surface area (Å²) in [6, 6.07) is 25.3. The largest absolute Gasteiger partial charge is 0.490 e. The number of aryl methyl sites for hydroxylation is 1. The van der Waals surface area contributed by atoms with Gasteiger partial charge in [0.15, 0.2) is 11.5 Å². The molecule has 0 aliphatic heterocycles. The number of hydrogen-bond acceptors (Lipinski definition) is 5. The number of aromatic amines is 1. The quantitative estimate of drug-likeness (QED) is 0.0774. The molecule has 0 radical (unpaired) electrons. The van der Waals surface area contributed by atoms with Crippen molar-refractivity contribution in [3.05, 3.63) is 117 Å². The summed E-state index contributed by atoms with van der Waals surface area (Å²) in [6.45, 7) is 4.24. The lowest BCUT2D eigenvalue weighted by molar-refractivity contribution is 0.0728. The molecular formula is C33H27Cl2N3O4. The number of hydrogen-bond donors (Lipinski definition) is 2. The van der Waals surface area contributed by atoms with Gasteiger partial charge in [-0.05, 0) is 66.4 Å². The summed E-state index contributed by atoms with van der Waals surface area (Å²) in [4.78, 5) is 29.4. The maximum absolute atomic E-state index is 13.4. The zero-order chi connectivity index (χ0) is 29.6. The van der Waals surface area contributed by atoms with Gasteiger partial charge in [0.1, 0.15) is 5.69 Å². The minimum atomic E-state index is -0.648. The predicted molar refractivity (Wildman–Crippen MR) is 167 cm³/mol. The molecule has 1 heterocycles. The molecule has 0 atom stereocenters. The van der Waals surface area contributed by atoms with Gasteiger partial charge in [0.2, 0.25) is 0 Å². The Morgan fingerprint density at radius 3 is 2.48 bits per heavy atom. The molecule has 4 aromatic carbocycles. The summed E-state index contributed by atoms with van der Waals surface area (Å²) in [5, 5.41) is 5.75. The highest BCUT2D eigenvalue weighted by atomic mass is 35.5. The number of carbonyl (C=O) groups excluding carboxylic acids is 2. The van der Waals surface area contributed by atoms with Crippen molar-refractivity contribution in [1.82, 2.24) is 10.4 Å². The lowest BCUT2D eigenvalue weighted by Gasteiger charge is -2.12. The molecule has 1 amide bonds. The number of esters is 1. The Balaban J connectivity index is 1.38. The van der Waals surface area contributed by atoms with Gasteiger partial charge in [-0.1, -0.05) is 78.7 Å². The maximum atomic E-state index is 13.4. The highest BCUT2D eigenvalue weighted by Crippen LogP contribution is 2.34. The summed E-state index contributed by atoms with van der Waals surface area (Å²) in [6.07, 6.45) is 2.32. The number of ether oxygens (including phenoxy) is 2.